The first-order valence-corrected chi connectivity index (χ1v) is 14.9. The van der Waals surface area contributed by atoms with Gasteiger partial charge in [0.05, 0.1) is 17.2 Å². The van der Waals surface area contributed by atoms with Crippen molar-refractivity contribution >= 4 is 38.9 Å². The molecule has 6 aromatic rings. The number of aliphatic hydroxyl groups is 2. The summed E-state index contributed by atoms with van der Waals surface area (Å²) in [4.78, 5) is 49.0. The molecule has 0 radical (unpaired) electrons. The number of fused-ring (bicyclic) bond motifs is 3. The molecule has 0 spiro atoms. The fraction of sp³-hybridized carbons (Fsp3) is 0.200. The van der Waals surface area contributed by atoms with Gasteiger partial charge in [-0.15, -0.1) is 0 Å². The van der Waals surface area contributed by atoms with E-state index < -0.39 is 59.3 Å². The van der Waals surface area contributed by atoms with Crippen LogP contribution in [0.15, 0.2) is 100 Å². The number of phenols is 1. The zero-order valence-electron chi connectivity index (χ0n) is 25.6. The summed E-state index contributed by atoms with van der Waals surface area (Å²) in [5, 5.41) is 34.2. The Morgan fingerprint density at radius 2 is 1.41 bits per heavy atom. The number of hydrogen-bond acceptors (Lipinski definition) is 14. The third-order valence-corrected chi connectivity index (χ3v) is 7.99. The van der Waals surface area contributed by atoms with Crippen molar-refractivity contribution in [2.24, 2.45) is 0 Å². The predicted molar refractivity (Wildman–Crippen MR) is 171 cm³/mol. The van der Waals surface area contributed by atoms with Crippen LogP contribution in [0.4, 0.5) is 0 Å². The average Bonchev–Trinajstić information content (AvgIpc) is 3.06. The van der Waals surface area contributed by atoms with E-state index in [-0.39, 0.29) is 50.5 Å². The lowest BCUT2D eigenvalue weighted by Crippen LogP contribution is -2.59. The Morgan fingerprint density at radius 1 is 0.735 bits per heavy atom. The molecular weight excluding hydrogens is 644 g/mol. The van der Waals surface area contributed by atoms with E-state index in [1.165, 1.54) is 55.5 Å². The lowest BCUT2D eigenvalue weighted by molar-refractivity contribution is -0.272. The van der Waals surface area contributed by atoms with Crippen molar-refractivity contribution < 1.29 is 52.3 Å². The Bertz CT molecular complexity index is 2440. The second kappa shape index (κ2) is 12.2. The fourth-order valence-corrected chi connectivity index (χ4v) is 5.73. The quantitative estimate of drug-likeness (QED) is 0.170. The van der Waals surface area contributed by atoms with Crippen LogP contribution in [0.5, 0.6) is 23.0 Å². The monoisotopic (exact) mass is 670 g/mol. The maximum atomic E-state index is 13.3. The number of esters is 1. The van der Waals surface area contributed by atoms with Gasteiger partial charge in [0.2, 0.25) is 12.0 Å². The minimum absolute atomic E-state index is 0.0419. The molecule has 3 aromatic heterocycles. The second-order valence-electron chi connectivity index (χ2n) is 11.3. The standard InChI is InChI=1S/C35H26O14/c1-15-31(44-16(2)36)29(40)30(41)35(43-15)47-22-10-5-18-7-12-26(39)48-32(18)28(22)27-21(37)9-4-19-13-24(34(42)49-33(19)27)45-20-8-3-17-6-11-25(38)46-23(17)14-20/h3-15,29-31,35,37,40-41H,1-2H3/t15-,29-,30+,31-,35-/m0/s1. The molecule has 3 N–H and O–H groups in total. The SMILES string of the molecule is CC(=O)O[C@@H]1[C@@H](O)[C@@H](O)[C@H](Oc2ccc3ccc(=O)oc3c2-c2c(O)ccc3cc(Oc4ccc5ccc(=O)oc5c4)c(=O)oc23)O[C@H]1C. The van der Waals surface area contributed by atoms with Gasteiger partial charge in [0.15, 0.2) is 11.7 Å². The lowest BCUT2D eigenvalue weighted by atomic mass is 9.97. The van der Waals surface area contributed by atoms with Crippen molar-refractivity contribution in [1.29, 1.82) is 0 Å². The Morgan fingerprint density at radius 3 is 2.18 bits per heavy atom. The number of hydrogen-bond donors (Lipinski definition) is 3. The number of aliphatic hydroxyl groups excluding tert-OH is 2. The second-order valence-corrected chi connectivity index (χ2v) is 11.3. The molecule has 49 heavy (non-hydrogen) atoms. The molecular formula is C35H26O14. The van der Waals surface area contributed by atoms with Crippen LogP contribution in [-0.2, 0) is 14.3 Å². The minimum Gasteiger partial charge on any atom is -0.507 e. The van der Waals surface area contributed by atoms with Crippen molar-refractivity contribution in [3.8, 4) is 34.1 Å². The molecule has 1 fully saturated rings. The van der Waals surface area contributed by atoms with E-state index in [1.54, 1.807) is 24.3 Å². The highest BCUT2D eigenvalue weighted by Gasteiger charge is 2.46. The van der Waals surface area contributed by atoms with Crippen molar-refractivity contribution in [2.75, 3.05) is 0 Å². The number of aromatic hydroxyl groups is 1. The first kappa shape index (κ1) is 31.6. The zero-order chi connectivity index (χ0) is 34.6. The maximum absolute atomic E-state index is 13.3. The molecule has 1 aliphatic heterocycles. The van der Waals surface area contributed by atoms with Gasteiger partial charge in [-0.1, -0.05) is 0 Å². The van der Waals surface area contributed by atoms with Gasteiger partial charge < -0.3 is 47.5 Å². The third-order valence-electron chi connectivity index (χ3n) is 7.99. The highest BCUT2D eigenvalue weighted by Crippen LogP contribution is 2.46. The highest BCUT2D eigenvalue weighted by atomic mass is 16.7. The van der Waals surface area contributed by atoms with Crippen molar-refractivity contribution in [2.45, 2.75) is 44.6 Å². The Kier molecular flexibility index (Phi) is 7.90. The van der Waals surface area contributed by atoms with Gasteiger partial charge in [-0.25, -0.2) is 14.4 Å². The zero-order valence-corrected chi connectivity index (χ0v) is 25.6. The normalized spacial score (nSPS) is 20.8. The highest BCUT2D eigenvalue weighted by molar-refractivity contribution is 6.05. The molecule has 7 rings (SSSR count). The van der Waals surface area contributed by atoms with Gasteiger partial charge in [0, 0.05) is 41.3 Å². The smallest absolute Gasteiger partial charge is 0.379 e. The molecule has 0 amide bonds. The molecule has 5 atom stereocenters. The number of carbonyl (C=O) groups is 1. The molecule has 0 unspecified atom stereocenters. The summed E-state index contributed by atoms with van der Waals surface area (Å²) in [5.41, 5.74) is -2.36. The summed E-state index contributed by atoms with van der Waals surface area (Å²) >= 11 is 0. The first-order chi connectivity index (χ1) is 23.5. The predicted octanol–water partition coefficient (Wildman–Crippen LogP) is 3.95. The van der Waals surface area contributed by atoms with E-state index in [0.29, 0.717) is 10.8 Å². The van der Waals surface area contributed by atoms with E-state index >= 15 is 0 Å². The molecule has 250 valence electrons. The van der Waals surface area contributed by atoms with Gasteiger partial charge in [-0.2, -0.15) is 0 Å². The first-order valence-electron chi connectivity index (χ1n) is 14.9. The number of phenolic OH excluding ortho intramolecular Hbond substituents is 1. The molecule has 1 saturated heterocycles. The van der Waals surface area contributed by atoms with Crippen LogP contribution in [0, 0.1) is 0 Å². The number of rotatable bonds is 6. The Labute approximate surface area is 273 Å². The minimum atomic E-state index is -1.71. The van der Waals surface area contributed by atoms with Crippen LogP contribution in [0.25, 0.3) is 44.0 Å². The van der Waals surface area contributed by atoms with Crippen LogP contribution < -0.4 is 26.4 Å². The van der Waals surface area contributed by atoms with Crippen molar-refractivity contribution in [1.82, 2.24) is 0 Å². The summed E-state index contributed by atoms with van der Waals surface area (Å²) < 4.78 is 39.2. The topological polar surface area (TPSA) is 205 Å². The fourth-order valence-electron chi connectivity index (χ4n) is 5.73. The van der Waals surface area contributed by atoms with Crippen molar-refractivity contribution in [3.05, 3.63) is 104 Å². The summed E-state index contributed by atoms with van der Waals surface area (Å²) in [6, 6.07) is 17.3. The van der Waals surface area contributed by atoms with Crippen molar-refractivity contribution in [3.63, 3.8) is 0 Å². The third kappa shape index (κ3) is 5.88. The molecule has 14 heteroatoms. The van der Waals surface area contributed by atoms with Gasteiger partial charge >= 0.3 is 22.8 Å². The lowest BCUT2D eigenvalue weighted by Gasteiger charge is -2.40. The van der Waals surface area contributed by atoms with E-state index in [4.69, 9.17) is 32.2 Å². The van der Waals surface area contributed by atoms with Gasteiger partial charge in [0.25, 0.3) is 0 Å². The molecule has 0 bridgehead atoms. The van der Waals surface area contributed by atoms with Gasteiger partial charge in [-0.05, 0) is 61.5 Å². The van der Waals surface area contributed by atoms with E-state index in [9.17, 15) is 34.5 Å². The Balaban J connectivity index is 1.34. The van der Waals surface area contributed by atoms with E-state index in [1.807, 2.05) is 0 Å². The summed E-state index contributed by atoms with van der Waals surface area (Å²) in [7, 11) is 0. The molecule has 4 heterocycles. The number of ether oxygens (including phenoxy) is 4. The molecule has 0 aliphatic carbocycles. The molecule has 14 nitrogen and oxygen atoms in total. The summed E-state index contributed by atoms with van der Waals surface area (Å²) in [6.07, 6.45) is -6.95. The van der Waals surface area contributed by atoms with Crippen LogP contribution in [-0.4, -0.2) is 52.0 Å². The summed E-state index contributed by atoms with van der Waals surface area (Å²) in [6.45, 7) is 2.66. The average molecular weight is 671 g/mol. The molecule has 1 aliphatic rings. The van der Waals surface area contributed by atoms with E-state index in [2.05, 4.69) is 0 Å². The molecule has 3 aromatic carbocycles. The van der Waals surface area contributed by atoms with Gasteiger partial charge in [-0.3, -0.25) is 4.79 Å². The Hall–Kier alpha value is -5.96. The summed E-state index contributed by atoms with van der Waals surface area (Å²) in [5.74, 6) is -1.24. The van der Waals surface area contributed by atoms with Crippen LogP contribution >= 0.6 is 0 Å². The molecule has 0 saturated carbocycles. The van der Waals surface area contributed by atoms with E-state index in [0.717, 1.165) is 6.92 Å². The van der Waals surface area contributed by atoms with Crippen LogP contribution in [0.3, 0.4) is 0 Å². The maximum Gasteiger partial charge on any atom is 0.379 e. The van der Waals surface area contributed by atoms with Crippen LogP contribution in [0.2, 0.25) is 0 Å². The van der Waals surface area contributed by atoms with Crippen LogP contribution in [0.1, 0.15) is 13.8 Å². The largest absolute Gasteiger partial charge is 0.507 e. The number of carbonyl (C=O) groups excluding carboxylic acids is 1. The van der Waals surface area contributed by atoms with Gasteiger partial charge in [0.1, 0.15) is 40.6 Å². The number of benzene rings is 3.